The van der Waals surface area contributed by atoms with E-state index in [0.29, 0.717) is 16.9 Å². The number of sulfonamides is 1. The highest BCUT2D eigenvalue weighted by atomic mass is 79.9. The van der Waals surface area contributed by atoms with Gasteiger partial charge in [0.15, 0.2) is 5.11 Å². The van der Waals surface area contributed by atoms with E-state index >= 15 is 0 Å². The number of rotatable bonds is 5. The fourth-order valence-electron chi connectivity index (χ4n) is 2.58. The van der Waals surface area contributed by atoms with E-state index in [1.165, 1.54) is 23.5 Å². The maximum atomic E-state index is 12.8. The minimum absolute atomic E-state index is 0.111. The van der Waals surface area contributed by atoms with Crippen molar-refractivity contribution < 1.29 is 13.2 Å². The zero-order valence-corrected chi connectivity index (χ0v) is 19.1. The van der Waals surface area contributed by atoms with Crippen LogP contribution < -0.4 is 14.9 Å². The van der Waals surface area contributed by atoms with Crippen LogP contribution in [0.5, 0.6) is 0 Å². The van der Waals surface area contributed by atoms with E-state index in [1.807, 2.05) is 6.07 Å². The molecule has 3 aromatic carbocycles. The molecule has 9 heteroatoms. The highest BCUT2D eigenvalue weighted by Gasteiger charge is 2.21. The Morgan fingerprint density at radius 3 is 2.13 bits per heavy atom. The van der Waals surface area contributed by atoms with Crippen LogP contribution in [0.15, 0.2) is 88.2 Å². The van der Waals surface area contributed by atoms with Gasteiger partial charge in [-0.15, -0.1) is 0 Å². The molecule has 0 radical (unpaired) electrons. The lowest BCUT2D eigenvalue weighted by atomic mass is 10.2. The van der Waals surface area contributed by atoms with Crippen LogP contribution in [0, 0.1) is 0 Å². The summed E-state index contributed by atoms with van der Waals surface area (Å²) in [4.78, 5) is 12.4. The number of benzene rings is 3. The molecule has 2 N–H and O–H groups in total. The molecule has 6 nitrogen and oxygen atoms in total. The van der Waals surface area contributed by atoms with Crippen LogP contribution in [0.4, 0.5) is 11.4 Å². The summed E-state index contributed by atoms with van der Waals surface area (Å²) < 4.78 is 27.7. The number of amides is 1. The third-order valence-corrected chi connectivity index (χ3v) is 6.76. The Hall–Kier alpha value is -2.75. The number of halogens is 1. The summed E-state index contributed by atoms with van der Waals surface area (Å²) in [5.41, 5.74) is 1.58. The summed E-state index contributed by atoms with van der Waals surface area (Å²) >= 11 is 8.49. The first-order valence-corrected chi connectivity index (χ1v) is 11.4. The molecule has 0 aliphatic heterocycles. The second-order valence-corrected chi connectivity index (χ2v) is 9.54. The third-order valence-electron chi connectivity index (χ3n) is 4.22. The zero-order chi connectivity index (χ0) is 21.7. The van der Waals surface area contributed by atoms with Gasteiger partial charge in [0.05, 0.1) is 10.6 Å². The summed E-state index contributed by atoms with van der Waals surface area (Å²) in [6.45, 7) is 0. The molecule has 0 saturated carbocycles. The minimum atomic E-state index is -3.70. The van der Waals surface area contributed by atoms with Crippen LogP contribution >= 0.6 is 28.1 Å². The van der Waals surface area contributed by atoms with E-state index in [2.05, 4.69) is 26.6 Å². The van der Waals surface area contributed by atoms with Crippen molar-refractivity contribution in [2.75, 3.05) is 16.7 Å². The summed E-state index contributed by atoms with van der Waals surface area (Å²) in [6, 6.07) is 21.8. The van der Waals surface area contributed by atoms with Crippen molar-refractivity contribution in [1.82, 2.24) is 5.32 Å². The lowest BCUT2D eigenvalue weighted by molar-refractivity contribution is 0.0977. The van der Waals surface area contributed by atoms with Crippen LogP contribution in [0.2, 0.25) is 0 Å². The predicted molar refractivity (Wildman–Crippen MR) is 126 cm³/mol. The number of thiocarbonyl (C=S) groups is 1. The molecule has 1 amide bonds. The molecule has 0 aliphatic carbocycles. The molecule has 0 heterocycles. The van der Waals surface area contributed by atoms with E-state index in [-0.39, 0.29) is 15.9 Å². The summed E-state index contributed by atoms with van der Waals surface area (Å²) in [6.07, 6.45) is 0. The molecule has 0 atom stereocenters. The topological polar surface area (TPSA) is 78.5 Å². The number of carbonyl (C=O) groups excluding carboxylic acids is 1. The Bertz CT molecular complexity index is 1150. The maximum absolute atomic E-state index is 12.8. The maximum Gasteiger partial charge on any atom is 0.264 e. The first-order chi connectivity index (χ1) is 14.3. The number of nitrogens with one attached hydrogen (secondary N) is 2. The number of nitrogens with zero attached hydrogens (tertiary/aromatic N) is 1. The van der Waals surface area contributed by atoms with Crippen molar-refractivity contribution in [1.29, 1.82) is 0 Å². The van der Waals surface area contributed by atoms with Crippen molar-refractivity contribution in [3.05, 3.63) is 88.9 Å². The molecule has 0 unspecified atom stereocenters. The summed E-state index contributed by atoms with van der Waals surface area (Å²) in [7, 11) is -2.19. The van der Waals surface area contributed by atoms with Gasteiger partial charge in [0.25, 0.3) is 15.9 Å². The van der Waals surface area contributed by atoms with Crippen molar-refractivity contribution >= 4 is 60.6 Å². The van der Waals surface area contributed by atoms with Gasteiger partial charge in [-0.3, -0.25) is 14.4 Å². The van der Waals surface area contributed by atoms with Crippen LogP contribution in [-0.4, -0.2) is 26.5 Å². The smallest absolute Gasteiger partial charge is 0.264 e. The Balaban J connectivity index is 1.66. The molecule has 0 aliphatic rings. The van der Waals surface area contributed by atoms with Gasteiger partial charge in [-0.1, -0.05) is 34.1 Å². The molecule has 0 fully saturated rings. The first kappa shape index (κ1) is 21.9. The Labute approximate surface area is 189 Å². The predicted octanol–water partition coefficient (Wildman–Crippen LogP) is 4.40. The summed E-state index contributed by atoms with van der Waals surface area (Å²) in [5, 5.41) is 5.57. The van der Waals surface area contributed by atoms with E-state index in [0.717, 1.165) is 4.47 Å². The van der Waals surface area contributed by atoms with Gasteiger partial charge in [0.1, 0.15) is 0 Å². The largest absolute Gasteiger partial charge is 0.332 e. The average molecular weight is 504 g/mol. The van der Waals surface area contributed by atoms with Crippen LogP contribution in [0.25, 0.3) is 0 Å². The molecular weight excluding hydrogens is 486 g/mol. The van der Waals surface area contributed by atoms with E-state index in [4.69, 9.17) is 12.2 Å². The number of carbonyl (C=O) groups is 1. The van der Waals surface area contributed by atoms with E-state index in [9.17, 15) is 13.2 Å². The van der Waals surface area contributed by atoms with Crippen molar-refractivity contribution in [2.24, 2.45) is 0 Å². The fraction of sp³-hybridized carbons (Fsp3) is 0.0476. The van der Waals surface area contributed by atoms with Gasteiger partial charge < -0.3 is 5.32 Å². The zero-order valence-electron chi connectivity index (χ0n) is 15.9. The van der Waals surface area contributed by atoms with E-state index < -0.39 is 10.0 Å². The second kappa shape index (κ2) is 9.38. The Morgan fingerprint density at radius 2 is 1.53 bits per heavy atom. The lowest BCUT2D eigenvalue weighted by Crippen LogP contribution is -2.34. The second-order valence-electron chi connectivity index (χ2n) is 6.25. The first-order valence-electron chi connectivity index (χ1n) is 8.79. The quantitative estimate of drug-likeness (QED) is 0.504. The van der Waals surface area contributed by atoms with Gasteiger partial charge in [-0.25, -0.2) is 8.42 Å². The molecule has 3 aromatic rings. The average Bonchev–Trinajstić information content (AvgIpc) is 2.74. The number of anilines is 2. The van der Waals surface area contributed by atoms with Crippen molar-refractivity contribution in [3.8, 4) is 0 Å². The standard InChI is InChI=1S/C21H18BrN3O3S2/c1-25(18-5-3-2-4-6-18)30(27,28)19-13-11-17(12-14-19)23-21(29)24-20(26)15-7-9-16(22)10-8-15/h2-14H,1H3,(H2,23,24,26,29). The third kappa shape index (κ3) is 5.24. The van der Waals surface area contributed by atoms with Crippen molar-refractivity contribution in [2.45, 2.75) is 4.90 Å². The SMILES string of the molecule is CN(c1ccccc1)S(=O)(=O)c1ccc(NC(=S)NC(=O)c2ccc(Br)cc2)cc1. The molecule has 154 valence electrons. The highest BCUT2D eigenvalue weighted by molar-refractivity contribution is 9.10. The molecule has 0 saturated heterocycles. The van der Waals surface area contributed by atoms with Gasteiger partial charge in [0.2, 0.25) is 0 Å². The monoisotopic (exact) mass is 503 g/mol. The summed E-state index contributed by atoms with van der Waals surface area (Å²) in [5.74, 6) is -0.344. The Morgan fingerprint density at radius 1 is 0.933 bits per heavy atom. The van der Waals surface area contributed by atoms with Gasteiger partial charge in [0, 0.05) is 22.8 Å². The Kier molecular flexibility index (Phi) is 6.86. The molecule has 0 aromatic heterocycles. The highest BCUT2D eigenvalue weighted by Crippen LogP contribution is 2.22. The van der Waals surface area contributed by atoms with E-state index in [1.54, 1.807) is 60.7 Å². The minimum Gasteiger partial charge on any atom is -0.332 e. The van der Waals surface area contributed by atoms with Crippen molar-refractivity contribution in [3.63, 3.8) is 0 Å². The normalized spacial score (nSPS) is 10.9. The molecule has 30 heavy (non-hydrogen) atoms. The lowest BCUT2D eigenvalue weighted by Gasteiger charge is -2.19. The van der Waals surface area contributed by atoms with Gasteiger partial charge in [-0.2, -0.15) is 0 Å². The number of hydrogen-bond acceptors (Lipinski definition) is 4. The number of hydrogen-bond donors (Lipinski definition) is 2. The molecule has 0 spiro atoms. The molecule has 0 bridgehead atoms. The van der Waals surface area contributed by atoms with Gasteiger partial charge in [-0.05, 0) is 72.9 Å². The van der Waals surface area contributed by atoms with Crippen LogP contribution in [0.1, 0.15) is 10.4 Å². The van der Waals surface area contributed by atoms with Crippen LogP contribution in [-0.2, 0) is 10.0 Å². The van der Waals surface area contributed by atoms with Crippen LogP contribution in [0.3, 0.4) is 0 Å². The van der Waals surface area contributed by atoms with Gasteiger partial charge >= 0.3 is 0 Å². The number of para-hydroxylation sites is 1. The molecular formula is C21H18BrN3O3S2. The molecule has 3 rings (SSSR count). The fourth-order valence-corrected chi connectivity index (χ4v) is 4.25.